The van der Waals surface area contributed by atoms with Gasteiger partial charge in [0.1, 0.15) is 10.7 Å². The van der Waals surface area contributed by atoms with Crippen LogP contribution in [-0.4, -0.2) is 53.2 Å². The van der Waals surface area contributed by atoms with Gasteiger partial charge in [-0.15, -0.1) is 6.58 Å². The molecule has 178 valence electrons. The molecule has 11 heteroatoms. The number of sulfonamides is 2. The molecule has 0 atom stereocenters. The van der Waals surface area contributed by atoms with Crippen molar-refractivity contribution in [2.75, 3.05) is 31.1 Å². The number of benzene rings is 2. The minimum absolute atomic E-state index is 0.00284. The highest BCUT2D eigenvalue weighted by Gasteiger charge is 2.30. The Balaban J connectivity index is 1.93. The van der Waals surface area contributed by atoms with Crippen LogP contribution in [0.5, 0.6) is 0 Å². The second-order valence-electron chi connectivity index (χ2n) is 7.37. The highest BCUT2D eigenvalue weighted by molar-refractivity contribution is 7.89. The number of amides is 1. The molecule has 0 fully saturated rings. The van der Waals surface area contributed by atoms with Crippen molar-refractivity contribution in [3.05, 3.63) is 66.0 Å². The smallest absolute Gasteiger partial charge is 0.258 e. The van der Waals surface area contributed by atoms with Crippen LogP contribution < -0.4 is 9.62 Å². The Morgan fingerprint density at radius 3 is 2.48 bits per heavy atom. The van der Waals surface area contributed by atoms with Gasteiger partial charge in [0, 0.05) is 37.4 Å². The van der Waals surface area contributed by atoms with Crippen LogP contribution in [0.15, 0.2) is 58.8 Å². The maximum atomic E-state index is 14.2. The summed E-state index contributed by atoms with van der Waals surface area (Å²) in [5.74, 6) is -1.48. The Morgan fingerprint density at radius 2 is 1.85 bits per heavy atom. The number of carbonyl (C=O) groups excluding carboxylic acids is 1. The van der Waals surface area contributed by atoms with Crippen LogP contribution in [0.3, 0.4) is 0 Å². The summed E-state index contributed by atoms with van der Waals surface area (Å²) in [6.45, 7) is 7.84. The topological polar surface area (TPSA) is 104 Å². The van der Waals surface area contributed by atoms with Gasteiger partial charge < -0.3 is 4.90 Å². The van der Waals surface area contributed by atoms with E-state index in [0.717, 1.165) is 12.1 Å². The molecule has 2 aromatic carbocycles. The average molecular weight is 496 g/mol. The number of carbonyl (C=O) groups is 1. The molecule has 0 aliphatic carbocycles. The fourth-order valence-corrected chi connectivity index (χ4v) is 6.32. The van der Waals surface area contributed by atoms with E-state index in [1.165, 1.54) is 27.4 Å². The molecule has 33 heavy (non-hydrogen) atoms. The Morgan fingerprint density at radius 1 is 1.15 bits per heavy atom. The summed E-state index contributed by atoms with van der Waals surface area (Å²) in [7, 11) is -7.81. The number of rotatable bonds is 9. The van der Waals surface area contributed by atoms with E-state index in [2.05, 4.69) is 11.3 Å². The van der Waals surface area contributed by atoms with Gasteiger partial charge in [0.2, 0.25) is 20.0 Å². The molecule has 1 N–H and O–H groups in total. The van der Waals surface area contributed by atoms with E-state index in [-0.39, 0.29) is 23.5 Å². The molecular formula is C22H26FN3O5S2. The van der Waals surface area contributed by atoms with Crippen LogP contribution in [0.2, 0.25) is 0 Å². The van der Waals surface area contributed by atoms with Gasteiger partial charge in [-0.1, -0.05) is 19.9 Å². The maximum Gasteiger partial charge on any atom is 0.258 e. The summed E-state index contributed by atoms with van der Waals surface area (Å²) >= 11 is 0. The summed E-state index contributed by atoms with van der Waals surface area (Å²) in [6.07, 6.45) is 1.76. The first-order valence-corrected chi connectivity index (χ1v) is 13.3. The largest absolute Gasteiger partial charge is 0.308 e. The van der Waals surface area contributed by atoms with Crippen LogP contribution in [0, 0.1) is 5.82 Å². The molecule has 1 amide bonds. The molecule has 8 nitrogen and oxygen atoms in total. The van der Waals surface area contributed by atoms with Gasteiger partial charge >= 0.3 is 0 Å². The van der Waals surface area contributed by atoms with Crippen molar-refractivity contribution in [2.24, 2.45) is 0 Å². The van der Waals surface area contributed by atoms with Gasteiger partial charge in [0.25, 0.3) is 5.91 Å². The Hall–Kier alpha value is -2.60. The van der Waals surface area contributed by atoms with E-state index in [1.807, 2.05) is 0 Å². The van der Waals surface area contributed by atoms with Gasteiger partial charge in [0.05, 0.1) is 4.90 Å². The highest BCUT2D eigenvalue weighted by atomic mass is 32.2. The number of halogens is 1. The molecule has 1 aliphatic heterocycles. The molecule has 0 saturated carbocycles. The van der Waals surface area contributed by atoms with Gasteiger partial charge in [0.15, 0.2) is 0 Å². The van der Waals surface area contributed by atoms with E-state index < -0.39 is 36.7 Å². The van der Waals surface area contributed by atoms with Gasteiger partial charge in [-0.25, -0.2) is 25.9 Å². The number of nitrogens with zero attached hydrogens (tertiary/aromatic N) is 2. The fraction of sp³-hybridized carbons (Fsp3) is 0.318. The first-order valence-electron chi connectivity index (χ1n) is 10.4. The third-order valence-corrected chi connectivity index (χ3v) is 8.90. The van der Waals surface area contributed by atoms with E-state index >= 15 is 0 Å². The molecular weight excluding hydrogens is 469 g/mol. The third-order valence-electron chi connectivity index (χ3n) is 5.42. The lowest BCUT2D eigenvalue weighted by Crippen LogP contribution is -2.31. The Bertz CT molecular complexity index is 1290. The molecule has 0 spiro atoms. The standard InChI is InChI=1S/C22H26FN3O5S2/c1-4-12-24-32(28,29)21-15-17(7-9-19(21)23)22(27)26-13-11-16-14-18(8-10-20(16)26)33(30,31)25(5-2)6-3/h4,7-10,14-15,24H,1,5-6,11-13H2,2-3H3. The van der Waals surface area contributed by atoms with Crippen molar-refractivity contribution < 1.29 is 26.0 Å². The zero-order valence-electron chi connectivity index (χ0n) is 18.4. The van der Waals surface area contributed by atoms with Crippen LogP contribution in [0.25, 0.3) is 0 Å². The first kappa shape index (κ1) is 25.0. The van der Waals surface area contributed by atoms with E-state index in [1.54, 1.807) is 26.0 Å². The highest BCUT2D eigenvalue weighted by Crippen LogP contribution is 2.32. The van der Waals surface area contributed by atoms with Gasteiger partial charge in [-0.05, 0) is 48.4 Å². The minimum atomic E-state index is -4.17. The van der Waals surface area contributed by atoms with Gasteiger partial charge in [-0.3, -0.25) is 4.79 Å². The van der Waals surface area contributed by atoms with Gasteiger partial charge in [-0.2, -0.15) is 4.31 Å². The monoisotopic (exact) mass is 495 g/mol. The van der Waals surface area contributed by atoms with Crippen molar-refractivity contribution in [3.8, 4) is 0 Å². The zero-order valence-corrected chi connectivity index (χ0v) is 20.0. The molecule has 0 radical (unpaired) electrons. The SMILES string of the molecule is C=CCNS(=O)(=O)c1cc(C(=O)N2CCc3cc(S(=O)(=O)N(CC)CC)ccc32)ccc1F. The van der Waals surface area contributed by atoms with Crippen LogP contribution in [-0.2, 0) is 26.5 Å². The number of nitrogens with one attached hydrogen (secondary N) is 1. The summed E-state index contributed by atoms with van der Waals surface area (Å²) in [4.78, 5) is 14.1. The Kier molecular flexibility index (Phi) is 7.37. The molecule has 3 rings (SSSR count). The van der Waals surface area contributed by atoms with Crippen molar-refractivity contribution >= 4 is 31.6 Å². The van der Waals surface area contributed by atoms with Crippen molar-refractivity contribution in [1.82, 2.24) is 9.03 Å². The van der Waals surface area contributed by atoms with Crippen molar-refractivity contribution in [3.63, 3.8) is 0 Å². The minimum Gasteiger partial charge on any atom is -0.308 e. The van der Waals surface area contributed by atoms with E-state index in [9.17, 15) is 26.0 Å². The van der Waals surface area contributed by atoms with Crippen LogP contribution in [0.1, 0.15) is 29.8 Å². The van der Waals surface area contributed by atoms with Crippen molar-refractivity contribution in [2.45, 2.75) is 30.1 Å². The molecule has 2 aromatic rings. The molecule has 1 aliphatic rings. The summed E-state index contributed by atoms with van der Waals surface area (Å²) < 4.78 is 68.1. The number of hydrogen-bond donors (Lipinski definition) is 1. The zero-order chi connectivity index (χ0) is 24.4. The normalized spacial score (nSPS) is 13.9. The first-order chi connectivity index (χ1) is 15.6. The predicted octanol–water partition coefficient (Wildman–Crippen LogP) is 2.52. The molecule has 0 unspecified atom stereocenters. The van der Waals surface area contributed by atoms with E-state index in [0.29, 0.717) is 30.8 Å². The van der Waals surface area contributed by atoms with Crippen molar-refractivity contribution in [1.29, 1.82) is 0 Å². The number of anilines is 1. The van der Waals surface area contributed by atoms with Crippen LogP contribution >= 0.6 is 0 Å². The Labute approximate surface area is 193 Å². The lowest BCUT2D eigenvalue weighted by molar-refractivity contribution is 0.0989. The summed E-state index contributed by atoms with van der Waals surface area (Å²) in [6, 6.07) is 7.76. The molecule has 0 saturated heterocycles. The maximum absolute atomic E-state index is 14.2. The lowest BCUT2D eigenvalue weighted by Gasteiger charge is -2.20. The van der Waals surface area contributed by atoms with E-state index in [4.69, 9.17) is 0 Å². The second kappa shape index (κ2) is 9.72. The summed E-state index contributed by atoms with van der Waals surface area (Å²) in [5.41, 5.74) is 1.24. The van der Waals surface area contributed by atoms with Crippen LogP contribution in [0.4, 0.5) is 10.1 Å². The predicted molar refractivity (Wildman–Crippen MR) is 124 cm³/mol. The lowest BCUT2D eigenvalue weighted by atomic mass is 10.1. The number of hydrogen-bond acceptors (Lipinski definition) is 5. The molecule has 1 heterocycles. The number of fused-ring (bicyclic) bond motifs is 1. The summed E-state index contributed by atoms with van der Waals surface area (Å²) in [5, 5.41) is 0. The second-order valence-corrected chi connectivity index (χ2v) is 11.0. The third kappa shape index (κ3) is 4.86. The quantitative estimate of drug-likeness (QED) is 0.539. The molecule has 0 aromatic heterocycles. The average Bonchev–Trinajstić information content (AvgIpc) is 3.21. The fourth-order valence-electron chi connectivity index (χ4n) is 3.71. The molecule has 0 bridgehead atoms.